The Labute approximate surface area is 149 Å². The number of esters is 1. The van der Waals surface area contributed by atoms with Crippen molar-refractivity contribution in [3.05, 3.63) is 68.5 Å². The predicted octanol–water partition coefficient (Wildman–Crippen LogP) is 1.28. The largest absolute Gasteiger partial charge is 0.457 e. The van der Waals surface area contributed by atoms with Crippen molar-refractivity contribution in [2.24, 2.45) is 0 Å². The van der Waals surface area contributed by atoms with Crippen LogP contribution in [0.2, 0.25) is 0 Å². The van der Waals surface area contributed by atoms with Gasteiger partial charge in [0.05, 0.1) is 12.2 Å². The highest BCUT2D eigenvalue weighted by atomic mass is 19.4. The van der Waals surface area contributed by atoms with Crippen LogP contribution in [0.5, 0.6) is 0 Å². The van der Waals surface area contributed by atoms with E-state index in [-0.39, 0.29) is 13.2 Å². The van der Waals surface area contributed by atoms with Gasteiger partial charge in [-0.05, 0) is 12.1 Å². The van der Waals surface area contributed by atoms with Crippen LogP contribution in [0, 0.1) is 0 Å². The van der Waals surface area contributed by atoms with Gasteiger partial charge in [-0.15, -0.1) is 0 Å². The first kappa shape index (κ1) is 18.9. The number of carbonyl (C=O) groups excluding carboxylic acids is 1. The van der Waals surface area contributed by atoms with Crippen LogP contribution >= 0.6 is 0 Å². The highest BCUT2D eigenvalue weighted by Crippen LogP contribution is 2.27. The predicted molar refractivity (Wildman–Crippen MR) is 82.9 cm³/mol. The van der Waals surface area contributed by atoms with Crippen LogP contribution in [-0.2, 0) is 20.4 Å². The summed E-state index contributed by atoms with van der Waals surface area (Å²) in [5, 5.41) is 0. The van der Waals surface area contributed by atoms with Crippen molar-refractivity contribution < 1.29 is 32.2 Å². The monoisotopic (exact) mass is 386 g/mol. The molecule has 1 aliphatic rings. The van der Waals surface area contributed by atoms with Gasteiger partial charge in [0, 0.05) is 6.20 Å². The van der Waals surface area contributed by atoms with Crippen molar-refractivity contribution in [2.45, 2.75) is 18.7 Å². The van der Waals surface area contributed by atoms with Crippen LogP contribution in [0.25, 0.3) is 0 Å². The molecule has 1 fully saturated rings. The summed E-state index contributed by atoms with van der Waals surface area (Å²) in [6.45, 7) is -0.592. The number of carbonyl (C=O) groups is 1. The van der Waals surface area contributed by atoms with Crippen molar-refractivity contribution in [3.63, 3.8) is 0 Å². The van der Waals surface area contributed by atoms with Crippen molar-refractivity contribution in [3.8, 4) is 0 Å². The summed E-state index contributed by atoms with van der Waals surface area (Å²) < 4.78 is 54.6. The van der Waals surface area contributed by atoms with E-state index in [9.17, 15) is 27.6 Å². The maximum atomic E-state index is 12.8. The molecule has 1 aromatic heterocycles. The van der Waals surface area contributed by atoms with Gasteiger partial charge in [-0.1, -0.05) is 18.2 Å². The lowest BCUT2D eigenvalue weighted by Gasteiger charge is -2.15. The summed E-state index contributed by atoms with van der Waals surface area (Å²) in [4.78, 5) is 36.5. The minimum Gasteiger partial charge on any atom is -0.457 e. The summed E-state index contributed by atoms with van der Waals surface area (Å²) in [6, 6.07) is 8.10. The zero-order valence-electron chi connectivity index (χ0n) is 13.6. The molecule has 0 saturated carbocycles. The van der Waals surface area contributed by atoms with Gasteiger partial charge >= 0.3 is 17.8 Å². The van der Waals surface area contributed by atoms with Crippen LogP contribution in [0.4, 0.5) is 13.2 Å². The smallest absolute Gasteiger partial charge is 0.423 e. The maximum Gasteiger partial charge on any atom is 0.423 e. The number of aromatic amines is 1. The van der Waals surface area contributed by atoms with Crippen molar-refractivity contribution in [1.29, 1.82) is 0 Å². The fraction of sp³-hybridized carbons (Fsp3) is 0.312. The first-order chi connectivity index (χ1) is 12.8. The topological polar surface area (TPSA) is 99.6 Å². The van der Waals surface area contributed by atoms with Gasteiger partial charge in [0.25, 0.3) is 5.56 Å². The van der Waals surface area contributed by atoms with Crippen LogP contribution in [0.3, 0.4) is 0 Å². The Balaban J connectivity index is 1.67. The number of aromatic nitrogens is 2. The van der Waals surface area contributed by atoms with Gasteiger partial charge < -0.3 is 14.2 Å². The average Bonchev–Trinajstić information content (AvgIpc) is 3.08. The molecular weight excluding hydrogens is 373 g/mol. The number of halogens is 3. The van der Waals surface area contributed by atoms with Crippen molar-refractivity contribution >= 4 is 5.97 Å². The number of benzene rings is 1. The van der Waals surface area contributed by atoms with E-state index in [1.54, 1.807) is 35.3 Å². The quantitative estimate of drug-likeness (QED) is 0.795. The zero-order chi connectivity index (χ0) is 19.6. The second kappa shape index (κ2) is 7.37. The van der Waals surface area contributed by atoms with E-state index in [2.05, 4.69) is 0 Å². The summed E-state index contributed by atoms with van der Waals surface area (Å²) in [7, 11) is 0. The molecule has 27 heavy (non-hydrogen) atoms. The molecule has 1 unspecified atom stereocenters. The second-order valence-corrected chi connectivity index (χ2v) is 5.53. The molecule has 2 atom stereocenters. The number of nitrogens with zero attached hydrogens (tertiary/aromatic N) is 1. The fourth-order valence-electron chi connectivity index (χ4n) is 2.38. The number of rotatable bonds is 4. The van der Waals surface area contributed by atoms with E-state index in [4.69, 9.17) is 14.2 Å². The molecule has 0 radical (unpaired) electrons. The molecule has 0 bridgehead atoms. The van der Waals surface area contributed by atoms with Crippen LogP contribution in [0.15, 0.2) is 46.1 Å². The lowest BCUT2D eigenvalue weighted by Crippen LogP contribution is -2.37. The minimum absolute atomic E-state index is 0.267. The molecular formula is C16H13F3N2O6. The Kier molecular flexibility index (Phi) is 5.15. The third-order valence-corrected chi connectivity index (χ3v) is 3.68. The van der Waals surface area contributed by atoms with Crippen LogP contribution < -0.4 is 11.2 Å². The van der Waals surface area contributed by atoms with Gasteiger partial charge in [0.2, 0.25) is 0 Å². The Bertz CT molecular complexity index is 938. The zero-order valence-corrected chi connectivity index (χ0v) is 13.6. The maximum absolute atomic E-state index is 12.8. The first-order valence-electron chi connectivity index (χ1n) is 7.67. The average molecular weight is 386 g/mol. The fourth-order valence-corrected chi connectivity index (χ4v) is 2.38. The molecule has 1 aromatic carbocycles. The third-order valence-electron chi connectivity index (χ3n) is 3.68. The van der Waals surface area contributed by atoms with Crippen LogP contribution in [-0.4, -0.2) is 35.0 Å². The van der Waals surface area contributed by atoms with Crippen LogP contribution in [0.1, 0.15) is 22.1 Å². The van der Waals surface area contributed by atoms with Gasteiger partial charge in [0.1, 0.15) is 12.2 Å². The summed E-state index contributed by atoms with van der Waals surface area (Å²) in [5.74, 6) is -0.633. The molecule has 0 spiro atoms. The second-order valence-electron chi connectivity index (χ2n) is 5.53. The number of nitrogens with one attached hydrogen (secondary N) is 1. The molecule has 1 saturated heterocycles. The molecule has 0 amide bonds. The minimum atomic E-state index is -4.94. The van der Waals surface area contributed by atoms with E-state index in [1.807, 2.05) is 0 Å². The first-order valence-corrected chi connectivity index (χ1v) is 7.67. The molecule has 11 heteroatoms. The third kappa shape index (κ3) is 4.26. The normalized spacial score (nSPS) is 19.8. The Morgan fingerprint density at radius 3 is 2.63 bits per heavy atom. The van der Waals surface area contributed by atoms with E-state index in [0.29, 0.717) is 16.3 Å². The number of hydrogen-bond donors (Lipinski definition) is 1. The number of alkyl halides is 3. The summed E-state index contributed by atoms with van der Waals surface area (Å²) in [5.41, 5.74) is -3.86. The molecule has 2 heterocycles. The van der Waals surface area contributed by atoms with Crippen molar-refractivity contribution in [2.75, 3.05) is 13.2 Å². The van der Waals surface area contributed by atoms with Gasteiger partial charge in [-0.25, -0.2) is 9.59 Å². The summed E-state index contributed by atoms with van der Waals surface area (Å²) >= 11 is 0. The van der Waals surface area contributed by atoms with Gasteiger partial charge in [-0.2, -0.15) is 13.2 Å². The molecule has 144 valence electrons. The standard InChI is InChI=1S/C16H13F3N2O6/c17-16(18,19)10-6-21(15(24)20-13(10)22)11-7-25-12(27-11)8-26-14(23)9-4-2-1-3-5-9/h1-6,11-12H,7-8H2,(H,20,22,24)/t11?,12-/m0/s1. The van der Waals surface area contributed by atoms with Crippen molar-refractivity contribution in [1.82, 2.24) is 9.55 Å². The SMILES string of the molecule is O=C(OC[C@H]1OCC(n2cc(C(F)(F)F)c(=O)[nH]c2=O)O1)c1ccccc1. The van der Waals surface area contributed by atoms with E-state index >= 15 is 0 Å². The van der Waals surface area contributed by atoms with Gasteiger partial charge in [0.15, 0.2) is 12.5 Å². The Morgan fingerprint density at radius 2 is 1.96 bits per heavy atom. The Hall–Kier alpha value is -2.92. The number of ether oxygens (including phenoxy) is 3. The van der Waals surface area contributed by atoms with E-state index in [1.165, 1.54) is 0 Å². The van der Waals surface area contributed by atoms with E-state index in [0.717, 1.165) is 0 Å². The molecule has 8 nitrogen and oxygen atoms in total. The highest BCUT2D eigenvalue weighted by molar-refractivity contribution is 5.89. The molecule has 1 N–H and O–H groups in total. The molecule has 3 rings (SSSR count). The van der Waals surface area contributed by atoms with Gasteiger partial charge in [-0.3, -0.25) is 14.3 Å². The Morgan fingerprint density at radius 1 is 1.26 bits per heavy atom. The molecule has 2 aromatic rings. The highest BCUT2D eigenvalue weighted by Gasteiger charge is 2.37. The lowest BCUT2D eigenvalue weighted by molar-refractivity contribution is -0.139. The number of H-pyrrole nitrogens is 1. The summed E-state index contributed by atoms with van der Waals surface area (Å²) in [6.07, 6.45) is -6.85. The number of hydrogen-bond acceptors (Lipinski definition) is 6. The van der Waals surface area contributed by atoms with E-state index < -0.39 is 41.5 Å². The lowest BCUT2D eigenvalue weighted by atomic mass is 10.2. The molecule has 1 aliphatic heterocycles. The molecule has 0 aliphatic carbocycles.